The third kappa shape index (κ3) is 3.11. The van der Waals surface area contributed by atoms with Crippen LogP contribution in [0.1, 0.15) is 78.6 Å². The average molecular weight is 348 g/mol. The molecule has 1 heterocycles. The molecule has 1 aliphatic heterocycles. The molecular formula is C20H32N2O3. The summed E-state index contributed by atoms with van der Waals surface area (Å²) in [5.74, 6) is -0.291. The Hall–Kier alpha value is -1.39. The van der Waals surface area contributed by atoms with Crippen LogP contribution in [-0.2, 0) is 14.4 Å². The minimum Gasteiger partial charge on any atom is -0.353 e. The second-order valence-electron chi connectivity index (χ2n) is 8.95. The summed E-state index contributed by atoms with van der Waals surface area (Å²) in [5.41, 5.74) is -0.774. The molecule has 140 valence electrons. The predicted octanol–water partition coefficient (Wildman–Crippen LogP) is 3.03. The van der Waals surface area contributed by atoms with Crippen LogP contribution in [0, 0.1) is 16.7 Å². The van der Waals surface area contributed by atoms with Crippen molar-refractivity contribution >= 4 is 17.7 Å². The minimum absolute atomic E-state index is 0.0326. The van der Waals surface area contributed by atoms with Crippen molar-refractivity contribution in [2.45, 2.75) is 84.6 Å². The van der Waals surface area contributed by atoms with E-state index in [1.54, 1.807) is 0 Å². The van der Waals surface area contributed by atoms with E-state index < -0.39 is 5.41 Å². The SMILES string of the molecule is CC12CCC(C(=O)N(CCC(=O)NC3CCCCCC3)C1=O)C2(C)C. The summed E-state index contributed by atoms with van der Waals surface area (Å²) >= 11 is 0. The van der Waals surface area contributed by atoms with Crippen LogP contribution < -0.4 is 5.32 Å². The highest BCUT2D eigenvalue weighted by Gasteiger charge is 2.64. The number of piperidine rings is 1. The third-order valence-corrected chi connectivity index (χ3v) is 7.29. The second kappa shape index (κ2) is 6.73. The number of hydrogen-bond donors (Lipinski definition) is 1. The molecule has 2 atom stereocenters. The lowest BCUT2D eigenvalue weighted by Crippen LogP contribution is -2.59. The van der Waals surface area contributed by atoms with Crippen LogP contribution in [-0.4, -0.2) is 35.2 Å². The van der Waals surface area contributed by atoms with Crippen molar-refractivity contribution in [1.29, 1.82) is 0 Å². The van der Waals surface area contributed by atoms with Crippen LogP contribution >= 0.6 is 0 Å². The van der Waals surface area contributed by atoms with Gasteiger partial charge in [0.2, 0.25) is 17.7 Å². The number of carbonyl (C=O) groups excluding carboxylic acids is 3. The Balaban J connectivity index is 1.59. The summed E-state index contributed by atoms with van der Waals surface area (Å²) < 4.78 is 0. The number of fused-ring (bicyclic) bond motifs is 2. The van der Waals surface area contributed by atoms with Crippen molar-refractivity contribution in [3.05, 3.63) is 0 Å². The summed E-state index contributed by atoms with van der Waals surface area (Å²) in [5, 5.41) is 3.10. The van der Waals surface area contributed by atoms with Crippen molar-refractivity contribution in [3.63, 3.8) is 0 Å². The topological polar surface area (TPSA) is 66.5 Å². The molecule has 2 aliphatic carbocycles. The van der Waals surface area contributed by atoms with E-state index in [1.807, 2.05) is 20.8 Å². The minimum atomic E-state index is -0.483. The zero-order valence-electron chi connectivity index (χ0n) is 15.9. The van der Waals surface area contributed by atoms with Crippen LogP contribution in [0.5, 0.6) is 0 Å². The summed E-state index contributed by atoms with van der Waals surface area (Å²) in [6.07, 6.45) is 8.68. The number of amides is 3. The monoisotopic (exact) mass is 348 g/mol. The molecule has 5 nitrogen and oxygen atoms in total. The van der Waals surface area contributed by atoms with E-state index in [0.717, 1.165) is 25.7 Å². The Kier molecular flexibility index (Phi) is 4.95. The molecule has 1 saturated heterocycles. The van der Waals surface area contributed by atoms with Crippen LogP contribution in [0.4, 0.5) is 0 Å². The number of carbonyl (C=O) groups is 3. The van der Waals surface area contributed by atoms with Crippen molar-refractivity contribution in [3.8, 4) is 0 Å². The molecule has 2 bridgehead atoms. The maximum Gasteiger partial charge on any atom is 0.235 e. The predicted molar refractivity (Wildman–Crippen MR) is 95.6 cm³/mol. The summed E-state index contributed by atoms with van der Waals surface area (Å²) in [6, 6.07) is 0.260. The van der Waals surface area contributed by atoms with Gasteiger partial charge in [0, 0.05) is 24.9 Å². The zero-order chi connectivity index (χ0) is 18.2. The van der Waals surface area contributed by atoms with Crippen LogP contribution in [0.3, 0.4) is 0 Å². The Labute approximate surface area is 150 Å². The molecule has 3 fully saturated rings. The largest absolute Gasteiger partial charge is 0.353 e. The summed E-state index contributed by atoms with van der Waals surface area (Å²) in [6.45, 7) is 6.28. The smallest absolute Gasteiger partial charge is 0.235 e. The molecule has 3 aliphatic rings. The average Bonchev–Trinajstić information content (AvgIpc) is 2.73. The lowest BCUT2D eigenvalue weighted by molar-refractivity contribution is -0.167. The molecule has 0 aromatic carbocycles. The van der Waals surface area contributed by atoms with Gasteiger partial charge in [-0.15, -0.1) is 0 Å². The van der Waals surface area contributed by atoms with E-state index in [2.05, 4.69) is 5.32 Å². The maximum absolute atomic E-state index is 13.0. The van der Waals surface area contributed by atoms with Crippen molar-refractivity contribution < 1.29 is 14.4 Å². The van der Waals surface area contributed by atoms with Crippen molar-refractivity contribution in [2.24, 2.45) is 16.7 Å². The van der Waals surface area contributed by atoms with Gasteiger partial charge >= 0.3 is 0 Å². The first-order chi connectivity index (χ1) is 11.8. The molecule has 3 amide bonds. The molecule has 2 unspecified atom stereocenters. The van der Waals surface area contributed by atoms with Gasteiger partial charge in [-0.3, -0.25) is 19.3 Å². The highest BCUT2D eigenvalue weighted by atomic mass is 16.2. The number of rotatable bonds is 4. The van der Waals surface area contributed by atoms with Crippen molar-refractivity contribution in [2.75, 3.05) is 6.54 Å². The van der Waals surface area contributed by atoms with Gasteiger partial charge in [-0.05, 0) is 31.1 Å². The fourth-order valence-electron chi connectivity index (χ4n) is 5.05. The molecule has 2 saturated carbocycles. The maximum atomic E-state index is 13.0. The Morgan fingerprint density at radius 1 is 1.08 bits per heavy atom. The molecule has 0 spiro atoms. The Morgan fingerprint density at radius 3 is 2.36 bits per heavy atom. The van der Waals surface area contributed by atoms with Gasteiger partial charge in [-0.2, -0.15) is 0 Å². The quantitative estimate of drug-likeness (QED) is 0.627. The van der Waals surface area contributed by atoms with E-state index in [1.165, 1.54) is 30.6 Å². The first-order valence-electron chi connectivity index (χ1n) is 9.92. The molecule has 5 heteroatoms. The fraction of sp³-hybridized carbons (Fsp3) is 0.850. The summed E-state index contributed by atoms with van der Waals surface area (Å²) in [7, 11) is 0. The lowest BCUT2D eigenvalue weighted by Gasteiger charge is -2.47. The lowest BCUT2D eigenvalue weighted by atomic mass is 9.62. The van der Waals surface area contributed by atoms with E-state index in [-0.39, 0.29) is 48.1 Å². The second-order valence-corrected chi connectivity index (χ2v) is 8.95. The van der Waals surface area contributed by atoms with Gasteiger partial charge in [0.05, 0.1) is 5.41 Å². The van der Waals surface area contributed by atoms with Gasteiger partial charge in [0.1, 0.15) is 0 Å². The van der Waals surface area contributed by atoms with E-state index >= 15 is 0 Å². The van der Waals surface area contributed by atoms with Gasteiger partial charge in [-0.25, -0.2) is 0 Å². The molecule has 0 radical (unpaired) electrons. The summed E-state index contributed by atoms with van der Waals surface area (Å²) in [4.78, 5) is 39.4. The van der Waals surface area contributed by atoms with Gasteiger partial charge in [-0.1, -0.05) is 46.5 Å². The van der Waals surface area contributed by atoms with E-state index in [0.29, 0.717) is 0 Å². The van der Waals surface area contributed by atoms with E-state index in [9.17, 15) is 14.4 Å². The first kappa shape index (κ1) is 18.4. The number of nitrogens with one attached hydrogen (secondary N) is 1. The highest BCUT2D eigenvalue weighted by Crippen LogP contribution is 2.59. The Morgan fingerprint density at radius 2 is 1.72 bits per heavy atom. The van der Waals surface area contributed by atoms with Crippen molar-refractivity contribution in [1.82, 2.24) is 10.2 Å². The normalized spacial score (nSPS) is 32.6. The van der Waals surface area contributed by atoms with Crippen LogP contribution in [0.15, 0.2) is 0 Å². The number of nitrogens with zero attached hydrogens (tertiary/aromatic N) is 1. The van der Waals surface area contributed by atoms with E-state index in [4.69, 9.17) is 0 Å². The fourth-order valence-corrected chi connectivity index (χ4v) is 5.05. The van der Waals surface area contributed by atoms with Gasteiger partial charge < -0.3 is 5.32 Å². The first-order valence-corrected chi connectivity index (χ1v) is 9.92. The number of imide groups is 1. The number of likely N-dealkylation sites (tertiary alicyclic amines) is 1. The Bertz CT molecular complexity index is 563. The molecule has 0 aromatic heterocycles. The molecule has 1 N–H and O–H groups in total. The highest BCUT2D eigenvalue weighted by molar-refractivity contribution is 6.04. The van der Waals surface area contributed by atoms with Gasteiger partial charge in [0.25, 0.3) is 0 Å². The zero-order valence-corrected chi connectivity index (χ0v) is 15.9. The molecule has 3 rings (SSSR count). The van der Waals surface area contributed by atoms with Crippen LogP contribution in [0.2, 0.25) is 0 Å². The van der Waals surface area contributed by atoms with Gasteiger partial charge in [0.15, 0.2) is 0 Å². The van der Waals surface area contributed by atoms with Crippen LogP contribution in [0.25, 0.3) is 0 Å². The molecule has 0 aromatic rings. The number of hydrogen-bond acceptors (Lipinski definition) is 3. The standard InChI is InChI=1S/C20H32N2O3/c1-19(2)15-10-12-20(19,3)18(25)22(17(15)24)13-11-16(23)21-14-8-6-4-5-7-9-14/h14-15H,4-13H2,1-3H3,(H,21,23). The molecule has 25 heavy (non-hydrogen) atoms. The third-order valence-electron chi connectivity index (χ3n) is 7.29. The molecular weight excluding hydrogens is 316 g/mol.